The van der Waals surface area contributed by atoms with Gasteiger partial charge < -0.3 is 4.74 Å². The zero-order valence-corrected chi connectivity index (χ0v) is 6.19. The lowest BCUT2D eigenvalue weighted by molar-refractivity contribution is -0.135. The molecule has 1 radical (unpaired) electrons. The van der Waals surface area contributed by atoms with Gasteiger partial charge in [0, 0.05) is 6.42 Å². The average Bonchev–Trinajstić information content (AvgIpc) is 1.83. The van der Waals surface area contributed by atoms with E-state index in [0.717, 1.165) is 0 Å². The maximum atomic E-state index is 11.5. The van der Waals surface area contributed by atoms with Crippen LogP contribution in [0.3, 0.4) is 0 Å². The first-order valence-corrected chi connectivity index (χ1v) is 3.32. The Morgan fingerprint density at radius 1 is 1.25 bits per heavy atom. The summed E-state index contributed by atoms with van der Waals surface area (Å²) in [5, 5.41) is 9.60. The van der Waals surface area contributed by atoms with E-state index in [9.17, 15) is 23.1 Å². The lowest BCUT2D eigenvalue weighted by atomic mass is 10.2. The third-order valence-electron chi connectivity index (χ3n) is 1.07. The molecule has 0 bridgehead atoms. The van der Waals surface area contributed by atoms with Crippen molar-refractivity contribution in [1.29, 1.82) is 0 Å². The minimum atomic E-state index is -4.18. The summed E-state index contributed by atoms with van der Waals surface area (Å²) in [6.07, 6.45) is -6.86. The van der Waals surface area contributed by atoms with E-state index in [1.807, 2.05) is 0 Å². The minimum absolute atomic E-state index is 0.0630. The van der Waals surface area contributed by atoms with E-state index < -0.39 is 18.8 Å². The zero-order chi connectivity index (χ0) is 9.61. The number of carbonyl (C=O) groups excluding carboxylic acids is 1. The lowest BCUT2D eigenvalue weighted by Gasteiger charge is -2.04. The molecule has 0 fully saturated rings. The molecule has 0 aliphatic rings. The third kappa shape index (κ3) is 9.06. The van der Waals surface area contributed by atoms with Crippen LogP contribution in [0.4, 0.5) is 18.0 Å². The highest BCUT2D eigenvalue weighted by molar-refractivity contribution is 5.56. The molecular formula is C6H8F3O3. The summed E-state index contributed by atoms with van der Waals surface area (Å²) in [5.41, 5.74) is 0. The van der Waals surface area contributed by atoms with Crippen LogP contribution >= 0.6 is 0 Å². The molecule has 6 heteroatoms. The molecule has 0 N–H and O–H groups in total. The number of hydrogen-bond donors (Lipinski definition) is 0. The van der Waals surface area contributed by atoms with Gasteiger partial charge in [0.25, 0.3) is 0 Å². The summed E-state index contributed by atoms with van der Waals surface area (Å²) in [6, 6.07) is 0. The van der Waals surface area contributed by atoms with Crippen molar-refractivity contribution in [2.75, 3.05) is 6.61 Å². The third-order valence-corrected chi connectivity index (χ3v) is 1.07. The summed E-state index contributed by atoms with van der Waals surface area (Å²) >= 11 is 0. The Labute approximate surface area is 67.1 Å². The summed E-state index contributed by atoms with van der Waals surface area (Å²) in [5.74, 6) is 0. The molecule has 12 heavy (non-hydrogen) atoms. The fourth-order valence-electron chi connectivity index (χ4n) is 0.583. The largest absolute Gasteiger partial charge is 0.549 e. The van der Waals surface area contributed by atoms with Crippen LogP contribution in [0, 0.1) is 0 Å². The second-order valence-electron chi connectivity index (χ2n) is 2.17. The van der Waals surface area contributed by atoms with Crippen LogP contribution < -0.4 is 0 Å². The van der Waals surface area contributed by atoms with Crippen molar-refractivity contribution < 1.29 is 27.8 Å². The van der Waals surface area contributed by atoms with Gasteiger partial charge in [0.15, 0.2) is 0 Å². The van der Waals surface area contributed by atoms with Crippen LogP contribution in [0.1, 0.15) is 19.3 Å². The quantitative estimate of drug-likeness (QED) is 0.498. The number of halogens is 3. The monoisotopic (exact) mass is 185 g/mol. The van der Waals surface area contributed by atoms with Gasteiger partial charge in [0.1, 0.15) is 0 Å². The summed E-state index contributed by atoms with van der Waals surface area (Å²) in [7, 11) is 0. The van der Waals surface area contributed by atoms with Crippen LogP contribution in [0.15, 0.2) is 0 Å². The van der Waals surface area contributed by atoms with Gasteiger partial charge in [0.05, 0.1) is 6.61 Å². The summed E-state index contributed by atoms with van der Waals surface area (Å²) in [6.45, 7) is -0.238. The highest BCUT2D eigenvalue weighted by atomic mass is 19.4. The first kappa shape index (κ1) is 11.1. The number of alkyl halides is 3. The van der Waals surface area contributed by atoms with Gasteiger partial charge in [0.2, 0.25) is 0 Å². The normalized spacial score (nSPS) is 11.2. The highest BCUT2D eigenvalue weighted by Crippen LogP contribution is 2.21. The number of rotatable bonds is 4. The Morgan fingerprint density at radius 3 is 2.25 bits per heavy atom. The van der Waals surface area contributed by atoms with E-state index in [0.29, 0.717) is 0 Å². The van der Waals surface area contributed by atoms with Crippen LogP contribution in [0.5, 0.6) is 0 Å². The molecule has 0 atom stereocenters. The topological polar surface area (TPSA) is 46.2 Å². The molecule has 0 aliphatic carbocycles. The zero-order valence-electron chi connectivity index (χ0n) is 6.19. The van der Waals surface area contributed by atoms with Gasteiger partial charge >= 0.3 is 12.3 Å². The maximum Gasteiger partial charge on any atom is 0.549 e. The molecule has 0 saturated carbocycles. The average molecular weight is 185 g/mol. The first-order chi connectivity index (χ1) is 5.42. The lowest BCUT2D eigenvalue weighted by Crippen LogP contribution is -2.08. The van der Waals surface area contributed by atoms with Crippen molar-refractivity contribution in [2.45, 2.75) is 25.4 Å². The Balaban J connectivity index is 3.17. The molecule has 0 aromatic heterocycles. The van der Waals surface area contributed by atoms with Crippen molar-refractivity contribution in [3.63, 3.8) is 0 Å². The Kier molecular flexibility index (Phi) is 4.46. The molecule has 0 saturated heterocycles. The van der Waals surface area contributed by atoms with Gasteiger partial charge in [-0.15, -0.1) is 0 Å². The minimum Gasteiger partial charge on any atom is -0.432 e. The van der Waals surface area contributed by atoms with E-state index in [2.05, 4.69) is 4.74 Å². The fourth-order valence-corrected chi connectivity index (χ4v) is 0.583. The van der Waals surface area contributed by atoms with Gasteiger partial charge in [-0.1, -0.05) is 0 Å². The van der Waals surface area contributed by atoms with Gasteiger partial charge in [-0.05, 0) is 12.8 Å². The molecule has 0 aliphatic heterocycles. The van der Waals surface area contributed by atoms with Gasteiger partial charge in [-0.25, -0.2) is 0 Å². The van der Waals surface area contributed by atoms with Crippen molar-refractivity contribution in [2.24, 2.45) is 0 Å². The molecule has 0 heterocycles. The standard InChI is InChI=1S/C6H8F3O3/c7-6(8,9)3-1-2-4-12-5(10)11/h1-4H2. The Bertz CT molecular complexity index is 143. The predicted octanol–water partition coefficient (Wildman–Crippen LogP) is 2.29. The maximum absolute atomic E-state index is 11.5. The SMILES string of the molecule is [O]C(=O)OCCCCC(F)(F)F. The van der Waals surface area contributed by atoms with Crippen LogP contribution in [-0.4, -0.2) is 18.9 Å². The van der Waals surface area contributed by atoms with E-state index >= 15 is 0 Å². The molecule has 0 unspecified atom stereocenters. The number of carbonyl (C=O) groups is 1. The predicted molar refractivity (Wildman–Crippen MR) is 31.9 cm³/mol. The number of ether oxygens (including phenoxy) is 1. The van der Waals surface area contributed by atoms with Gasteiger partial charge in [-0.3, -0.25) is 0 Å². The molecular weight excluding hydrogens is 177 g/mol. The van der Waals surface area contributed by atoms with Crippen LogP contribution in [0.2, 0.25) is 0 Å². The summed E-state index contributed by atoms with van der Waals surface area (Å²) in [4.78, 5) is 9.60. The Hall–Kier alpha value is -0.940. The van der Waals surface area contributed by atoms with E-state index in [4.69, 9.17) is 0 Å². The molecule has 3 nitrogen and oxygen atoms in total. The molecule has 71 valence electrons. The van der Waals surface area contributed by atoms with Crippen molar-refractivity contribution >= 4 is 6.16 Å². The molecule has 0 aromatic carbocycles. The van der Waals surface area contributed by atoms with Gasteiger partial charge in [-0.2, -0.15) is 23.1 Å². The van der Waals surface area contributed by atoms with E-state index in [1.165, 1.54) is 0 Å². The highest BCUT2D eigenvalue weighted by Gasteiger charge is 2.25. The van der Waals surface area contributed by atoms with Crippen molar-refractivity contribution in [3.05, 3.63) is 0 Å². The first-order valence-electron chi connectivity index (χ1n) is 3.32. The smallest absolute Gasteiger partial charge is 0.432 e. The Morgan fingerprint density at radius 2 is 1.83 bits per heavy atom. The van der Waals surface area contributed by atoms with Crippen molar-refractivity contribution in [3.8, 4) is 0 Å². The second kappa shape index (κ2) is 4.84. The van der Waals surface area contributed by atoms with E-state index in [1.54, 1.807) is 0 Å². The number of unbranched alkanes of at least 4 members (excludes halogenated alkanes) is 1. The molecule has 0 spiro atoms. The van der Waals surface area contributed by atoms with E-state index in [-0.39, 0.29) is 19.4 Å². The van der Waals surface area contributed by atoms with Crippen molar-refractivity contribution in [1.82, 2.24) is 0 Å². The molecule has 0 aromatic rings. The molecule has 0 rings (SSSR count). The fraction of sp³-hybridized carbons (Fsp3) is 0.833. The van der Waals surface area contributed by atoms with Crippen LogP contribution in [0.25, 0.3) is 0 Å². The second-order valence-corrected chi connectivity index (χ2v) is 2.17. The number of hydrogen-bond acceptors (Lipinski definition) is 2. The summed E-state index contributed by atoms with van der Waals surface area (Å²) < 4.78 is 38.3. The van der Waals surface area contributed by atoms with Crippen LogP contribution in [-0.2, 0) is 9.84 Å². The molecule has 0 amide bonds.